The zero-order valence-corrected chi connectivity index (χ0v) is 12.9. The molecular formula is C17H24FNO2. The van der Waals surface area contributed by atoms with Gasteiger partial charge in [-0.15, -0.1) is 4.91 Å². The first-order valence-corrected chi connectivity index (χ1v) is 7.73. The van der Waals surface area contributed by atoms with Crippen molar-refractivity contribution in [3.05, 3.63) is 40.1 Å². The molecule has 0 aliphatic heterocycles. The normalized spacial score (nSPS) is 12.1. The minimum atomic E-state index is -0.581. The van der Waals surface area contributed by atoms with Crippen molar-refractivity contribution in [3.63, 3.8) is 0 Å². The standard InChI is InChI=1S/C17H24FNO2/c1-3-13(2)14-10-11-16(18)15(12-14)8-6-4-5-7-9-17(20)19-21/h10-13H,3-9H2,1-2H3. The Morgan fingerprint density at radius 2 is 1.95 bits per heavy atom. The van der Waals surface area contributed by atoms with Gasteiger partial charge in [-0.25, -0.2) is 4.39 Å². The lowest BCUT2D eigenvalue weighted by molar-refractivity contribution is -0.118. The van der Waals surface area contributed by atoms with Gasteiger partial charge in [0.25, 0.3) is 5.91 Å². The molecule has 0 aliphatic rings. The van der Waals surface area contributed by atoms with Gasteiger partial charge in [0.15, 0.2) is 0 Å². The Kier molecular flexibility index (Phi) is 7.80. The first-order chi connectivity index (χ1) is 10.1. The van der Waals surface area contributed by atoms with Gasteiger partial charge in [-0.1, -0.05) is 38.8 Å². The summed E-state index contributed by atoms with van der Waals surface area (Å²) < 4.78 is 13.8. The van der Waals surface area contributed by atoms with Crippen LogP contribution in [0, 0.1) is 10.7 Å². The molecule has 1 atom stereocenters. The minimum Gasteiger partial charge on any atom is -0.269 e. The summed E-state index contributed by atoms with van der Waals surface area (Å²) in [5.74, 6) is -0.268. The molecule has 1 unspecified atom stereocenters. The Morgan fingerprint density at radius 3 is 2.62 bits per heavy atom. The predicted molar refractivity (Wildman–Crippen MR) is 82.7 cm³/mol. The monoisotopic (exact) mass is 293 g/mol. The third kappa shape index (κ3) is 6.15. The molecule has 0 aliphatic carbocycles. The summed E-state index contributed by atoms with van der Waals surface area (Å²) >= 11 is 0. The average molecular weight is 293 g/mol. The summed E-state index contributed by atoms with van der Waals surface area (Å²) in [5.41, 5.74) is 1.97. The number of benzene rings is 1. The summed E-state index contributed by atoms with van der Waals surface area (Å²) in [6.07, 6.45) is 5.36. The maximum Gasteiger partial charge on any atom is 0.286 e. The van der Waals surface area contributed by atoms with Gasteiger partial charge in [0.05, 0.1) is 0 Å². The highest BCUT2D eigenvalue weighted by molar-refractivity contribution is 5.76. The quantitative estimate of drug-likeness (QED) is 0.468. The van der Waals surface area contributed by atoms with Gasteiger partial charge in [-0.2, -0.15) is 0 Å². The van der Waals surface area contributed by atoms with Crippen LogP contribution < -0.4 is 0 Å². The molecule has 3 nitrogen and oxygen atoms in total. The maximum atomic E-state index is 13.8. The molecule has 116 valence electrons. The van der Waals surface area contributed by atoms with Crippen LogP contribution >= 0.6 is 0 Å². The first kappa shape index (κ1) is 17.5. The van der Waals surface area contributed by atoms with Gasteiger partial charge in [-0.3, -0.25) is 4.79 Å². The number of carbonyl (C=O) groups excluding carboxylic acids is 1. The fourth-order valence-corrected chi connectivity index (χ4v) is 2.32. The third-order valence-electron chi connectivity index (χ3n) is 3.94. The largest absolute Gasteiger partial charge is 0.286 e. The van der Waals surface area contributed by atoms with Crippen LogP contribution in [0.15, 0.2) is 23.4 Å². The molecule has 21 heavy (non-hydrogen) atoms. The Labute approximate surface area is 125 Å². The average Bonchev–Trinajstić information content (AvgIpc) is 2.51. The van der Waals surface area contributed by atoms with Crippen molar-refractivity contribution in [2.24, 2.45) is 5.18 Å². The molecule has 0 bridgehead atoms. The van der Waals surface area contributed by atoms with Gasteiger partial charge in [0.1, 0.15) is 5.82 Å². The SMILES string of the molecule is CCC(C)c1ccc(F)c(CCCCCCC(=O)N=O)c1. The van der Waals surface area contributed by atoms with Crippen molar-refractivity contribution in [2.75, 3.05) is 0 Å². The number of hydrogen-bond donors (Lipinski definition) is 0. The molecule has 4 heteroatoms. The van der Waals surface area contributed by atoms with Crippen LogP contribution in [0.2, 0.25) is 0 Å². The number of rotatable bonds is 9. The van der Waals surface area contributed by atoms with E-state index in [2.05, 4.69) is 19.0 Å². The summed E-state index contributed by atoms with van der Waals surface area (Å²) in [6.45, 7) is 4.28. The molecule has 0 saturated carbocycles. The van der Waals surface area contributed by atoms with E-state index in [-0.39, 0.29) is 12.2 Å². The van der Waals surface area contributed by atoms with Gasteiger partial charge >= 0.3 is 0 Å². The molecular weight excluding hydrogens is 269 g/mol. The van der Waals surface area contributed by atoms with E-state index >= 15 is 0 Å². The second-order valence-corrected chi connectivity index (χ2v) is 5.56. The van der Waals surface area contributed by atoms with Crippen LogP contribution in [0.4, 0.5) is 4.39 Å². The van der Waals surface area contributed by atoms with E-state index in [1.807, 2.05) is 12.1 Å². The maximum absolute atomic E-state index is 13.8. The fourth-order valence-electron chi connectivity index (χ4n) is 2.32. The lowest BCUT2D eigenvalue weighted by Crippen LogP contribution is -1.97. The molecule has 0 aromatic heterocycles. The van der Waals surface area contributed by atoms with E-state index in [1.165, 1.54) is 5.56 Å². The van der Waals surface area contributed by atoms with E-state index in [0.29, 0.717) is 12.3 Å². The van der Waals surface area contributed by atoms with Crippen LogP contribution in [0.3, 0.4) is 0 Å². The Bertz CT molecular complexity index is 474. The lowest BCUT2D eigenvalue weighted by atomic mass is 9.95. The highest BCUT2D eigenvalue weighted by Crippen LogP contribution is 2.22. The third-order valence-corrected chi connectivity index (χ3v) is 3.94. The fraction of sp³-hybridized carbons (Fsp3) is 0.588. The molecule has 0 heterocycles. The molecule has 0 spiro atoms. The predicted octanol–water partition coefficient (Wildman–Crippen LogP) is 5.13. The molecule has 1 amide bonds. The summed E-state index contributed by atoms with van der Waals surface area (Å²) in [7, 11) is 0. The van der Waals surface area contributed by atoms with Crippen molar-refractivity contribution in [2.45, 2.75) is 64.7 Å². The van der Waals surface area contributed by atoms with Gasteiger partial charge < -0.3 is 0 Å². The number of carbonyl (C=O) groups is 1. The van der Waals surface area contributed by atoms with E-state index in [0.717, 1.165) is 37.7 Å². The zero-order valence-electron chi connectivity index (χ0n) is 12.9. The van der Waals surface area contributed by atoms with Gasteiger partial charge in [-0.05, 0) is 48.8 Å². The minimum absolute atomic E-state index is 0.137. The zero-order chi connectivity index (χ0) is 15.7. The van der Waals surface area contributed by atoms with E-state index in [9.17, 15) is 14.1 Å². The second kappa shape index (κ2) is 9.37. The summed E-state index contributed by atoms with van der Waals surface area (Å²) in [4.78, 5) is 20.6. The molecule has 0 radical (unpaired) electrons. The number of hydrogen-bond acceptors (Lipinski definition) is 2. The van der Waals surface area contributed by atoms with Crippen LogP contribution in [0.25, 0.3) is 0 Å². The lowest BCUT2D eigenvalue weighted by Gasteiger charge is -2.11. The molecule has 1 aromatic carbocycles. The number of halogens is 1. The van der Waals surface area contributed by atoms with Crippen molar-refractivity contribution < 1.29 is 9.18 Å². The highest BCUT2D eigenvalue weighted by atomic mass is 19.1. The van der Waals surface area contributed by atoms with Crippen molar-refractivity contribution in [3.8, 4) is 0 Å². The summed E-state index contributed by atoms with van der Waals surface area (Å²) in [6, 6.07) is 5.40. The molecule has 1 aromatic rings. The molecule has 0 N–H and O–H groups in total. The van der Waals surface area contributed by atoms with Gasteiger partial charge in [0, 0.05) is 11.6 Å². The second-order valence-electron chi connectivity index (χ2n) is 5.56. The van der Waals surface area contributed by atoms with Crippen molar-refractivity contribution in [1.29, 1.82) is 0 Å². The molecule has 1 rings (SSSR count). The van der Waals surface area contributed by atoms with Crippen molar-refractivity contribution in [1.82, 2.24) is 0 Å². The number of amides is 1. The van der Waals surface area contributed by atoms with E-state index in [1.54, 1.807) is 6.07 Å². The first-order valence-electron chi connectivity index (χ1n) is 7.73. The number of aryl methyl sites for hydroxylation is 1. The van der Waals surface area contributed by atoms with E-state index < -0.39 is 5.91 Å². The number of nitroso groups, excluding NO2 is 1. The topological polar surface area (TPSA) is 46.5 Å². The Hall–Kier alpha value is -1.58. The molecule has 0 saturated heterocycles. The van der Waals surface area contributed by atoms with Crippen LogP contribution in [0.1, 0.15) is 69.4 Å². The van der Waals surface area contributed by atoms with E-state index in [4.69, 9.17) is 0 Å². The number of unbranched alkanes of at least 4 members (excludes halogenated alkanes) is 3. The highest BCUT2D eigenvalue weighted by Gasteiger charge is 2.08. The van der Waals surface area contributed by atoms with Crippen LogP contribution in [0.5, 0.6) is 0 Å². The smallest absolute Gasteiger partial charge is 0.269 e. The van der Waals surface area contributed by atoms with Crippen LogP contribution in [-0.2, 0) is 11.2 Å². The van der Waals surface area contributed by atoms with Crippen LogP contribution in [-0.4, -0.2) is 5.91 Å². The van der Waals surface area contributed by atoms with Crippen molar-refractivity contribution >= 4 is 5.91 Å². The molecule has 0 fully saturated rings. The summed E-state index contributed by atoms with van der Waals surface area (Å²) in [5, 5.41) is 2.36. The Balaban J connectivity index is 2.37. The number of nitrogens with zero attached hydrogens (tertiary/aromatic N) is 1. The Morgan fingerprint density at radius 1 is 1.24 bits per heavy atom. The van der Waals surface area contributed by atoms with Gasteiger partial charge in [0.2, 0.25) is 0 Å².